The molecule has 1 aliphatic heterocycles. The van der Waals surface area contributed by atoms with Gasteiger partial charge in [-0.3, -0.25) is 0 Å². The van der Waals surface area contributed by atoms with E-state index in [1.165, 1.54) is 31.2 Å². The van der Waals surface area contributed by atoms with E-state index in [4.69, 9.17) is 9.47 Å². The smallest absolute Gasteiger partial charge is 0.161 e. The standard InChI is InChI=1S/C16H25NO2/c1-4-16(10-6-5-7-11-17-16)13-8-9-14(18-2)15(12-13)19-3/h8-9,12,17H,4-7,10-11H2,1-3H3. The van der Waals surface area contributed by atoms with Gasteiger partial charge in [0.1, 0.15) is 0 Å². The van der Waals surface area contributed by atoms with E-state index in [1.54, 1.807) is 14.2 Å². The molecular weight excluding hydrogens is 238 g/mol. The molecule has 19 heavy (non-hydrogen) atoms. The van der Waals surface area contributed by atoms with Gasteiger partial charge < -0.3 is 14.8 Å². The van der Waals surface area contributed by atoms with E-state index in [2.05, 4.69) is 24.4 Å². The van der Waals surface area contributed by atoms with Crippen molar-refractivity contribution in [2.75, 3.05) is 20.8 Å². The molecule has 3 heteroatoms. The molecule has 2 rings (SSSR count). The molecule has 0 radical (unpaired) electrons. The van der Waals surface area contributed by atoms with Crippen molar-refractivity contribution in [3.8, 4) is 11.5 Å². The quantitative estimate of drug-likeness (QED) is 0.902. The molecule has 0 aromatic heterocycles. The van der Waals surface area contributed by atoms with Crippen molar-refractivity contribution < 1.29 is 9.47 Å². The van der Waals surface area contributed by atoms with E-state index >= 15 is 0 Å². The lowest BCUT2D eigenvalue weighted by atomic mass is 9.83. The molecule has 0 spiro atoms. The third-order valence-corrected chi connectivity index (χ3v) is 4.28. The first-order chi connectivity index (χ1) is 9.25. The zero-order valence-electron chi connectivity index (χ0n) is 12.3. The van der Waals surface area contributed by atoms with E-state index in [-0.39, 0.29) is 5.54 Å². The van der Waals surface area contributed by atoms with Crippen LogP contribution in [0.3, 0.4) is 0 Å². The van der Waals surface area contributed by atoms with E-state index in [0.717, 1.165) is 24.5 Å². The van der Waals surface area contributed by atoms with Crippen LogP contribution in [0.1, 0.15) is 44.6 Å². The second-order valence-electron chi connectivity index (χ2n) is 5.24. The first-order valence-corrected chi connectivity index (χ1v) is 7.23. The SMILES string of the molecule is CCC1(c2ccc(OC)c(OC)c2)CCCCCN1. The Morgan fingerprint density at radius 2 is 1.89 bits per heavy atom. The van der Waals surface area contributed by atoms with Crippen molar-refractivity contribution in [1.29, 1.82) is 0 Å². The van der Waals surface area contributed by atoms with Crippen molar-refractivity contribution >= 4 is 0 Å². The summed E-state index contributed by atoms with van der Waals surface area (Å²) in [5.41, 5.74) is 1.41. The zero-order chi connectivity index (χ0) is 13.7. The molecule has 1 fully saturated rings. The highest BCUT2D eigenvalue weighted by Gasteiger charge is 2.31. The Kier molecular flexibility index (Phi) is 4.70. The molecule has 1 aromatic carbocycles. The van der Waals surface area contributed by atoms with Gasteiger partial charge in [-0.05, 0) is 43.5 Å². The summed E-state index contributed by atoms with van der Waals surface area (Å²) in [6, 6.07) is 6.31. The summed E-state index contributed by atoms with van der Waals surface area (Å²) in [4.78, 5) is 0. The summed E-state index contributed by atoms with van der Waals surface area (Å²) in [7, 11) is 3.37. The van der Waals surface area contributed by atoms with Crippen LogP contribution in [0.5, 0.6) is 11.5 Å². The highest BCUT2D eigenvalue weighted by atomic mass is 16.5. The molecule has 3 nitrogen and oxygen atoms in total. The average molecular weight is 263 g/mol. The van der Waals surface area contributed by atoms with Crippen LogP contribution in [0, 0.1) is 0 Å². The average Bonchev–Trinajstić information content (AvgIpc) is 2.72. The van der Waals surface area contributed by atoms with Gasteiger partial charge in [-0.1, -0.05) is 25.8 Å². The van der Waals surface area contributed by atoms with Gasteiger partial charge in [-0.2, -0.15) is 0 Å². The summed E-state index contributed by atoms with van der Waals surface area (Å²) in [5, 5.41) is 3.75. The van der Waals surface area contributed by atoms with Crippen LogP contribution in [0.25, 0.3) is 0 Å². The first kappa shape index (κ1) is 14.2. The van der Waals surface area contributed by atoms with Crippen LogP contribution in [0.4, 0.5) is 0 Å². The van der Waals surface area contributed by atoms with Crippen LogP contribution in [-0.2, 0) is 5.54 Å². The summed E-state index contributed by atoms with van der Waals surface area (Å²) < 4.78 is 10.8. The number of methoxy groups -OCH3 is 2. The molecule has 0 amide bonds. The Morgan fingerprint density at radius 3 is 2.58 bits per heavy atom. The van der Waals surface area contributed by atoms with Gasteiger partial charge in [0.05, 0.1) is 14.2 Å². The van der Waals surface area contributed by atoms with Gasteiger partial charge in [0.2, 0.25) is 0 Å². The minimum atomic E-state index is 0.0933. The molecule has 0 bridgehead atoms. The van der Waals surface area contributed by atoms with Gasteiger partial charge >= 0.3 is 0 Å². The maximum absolute atomic E-state index is 5.44. The van der Waals surface area contributed by atoms with E-state index in [1.807, 2.05) is 6.07 Å². The second kappa shape index (κ2) is 6.29. The Morgan fingerprint density at radius 1 is 1.11 bits per heavy atom. The van der Waals surface area contributed by atoms with Gasteiger partial charge in [-0.25, -0.2) is 0 Å². The van der Waals surface area contributed by atoms with E-state index in [9.17, 15) is 0 Å². The zero-order valence-corrected chi connectivity index (χ0v) is 12.3. The molecule has 1 aromatic rings. The highest BCUT2D eigenvalue weighted by Crippen LogP contribution is 2.37. The van der Waals surface area contributed by atoms with Crippen molar-refractivity contribution in [2.24, 2.45) is 0 Å². The highest BCUT2D eigenvalue weighted by molar-refractivity contribution is 5.45. The fourth-order valence-corrected chi connectivity index (χ4v) is 3.03. The molecule has 0 aliphatic carbocycles. The monoisotopic (exact) mass is 263 g/mol. The number of nitrogens with one attached hydrogen (secondary N) is 1. The Hall–Kier alpha value is -1.22. The molecule has 1 N–H and O–H groups in total. The predicted molar refractivity (Wildman–Crippen MR) is 78.0 cm³/mol. The molecule has 1 unspecified atom stereocenters. The van der Waals surface area contributed by atoms with Crippen molar-refractivity contribution in [3.63, 3.8) is 0 Å². The maximum Gasteiger partial charge on any atom is 0.161 e. The topological polar surface area (TPSA) is 30.5 Å². The molecule has 106 valence electrons. The van der Waals surface area contributed by atoms with E-state index in [0.29, 0.717) is 0 Å². The second-order valence-corrected chi connectivity index (χ2v) is 5.24. The van der Waals surface area contributed by atoms with Gasteiger partial charge in [0.25, 0.3) is 0 Å². The summed E-state index contributed by atoms with van der Waals surface area (Å²) in [6.07, 6.45) is 6.17. The molecular formula is C16H25NO2. The summed E-state index contributed by atoms with van der Waals surface area (Å²) >= 11 is 0. The van der Waals surface area contributed by atoms with Crippen molar-refractivity contribution in [3.05, 3.63) is 23.8 Å². The number of hydrogen-bond acceptors (Lipinski definition) is 3. The lowest BCUT2D eigenvalue weighted by molar-refractivity contribution is 0.307. The minimum absolute atomic E-state index is 0.0933. The third-order valence-electron chi connectivity index (χ3n) is 4.28. The molecule has 1 saturated heterocycles. The van der Waals surface area contributed by atoms with Gasteiger partial charge in [0, 0.05) is 5.54 Å². The molecule has 1 atom stereocenters. The Balaban J connectivity index is 2.36. The Labute approximate surface area is 116 Å². The maximum atomic E-state index is 5.44. The molecule has 1 aliphatic rings. The van der Waals surface area contributed by atoms with Gasteiger partial charge in [-0.15, -0.1) is 0 Å². The third kappa shape index (κ3) is 2.86. The lowest BCUT2D eigenvalue weighted by Crippen LogP contribution is -2.41. The van der Waals surface area contributed by atoms with Gasteiger partial charge in [0.15, 0.2) is 11.5 Å². The normalized spacial score (nSPS) is 23.7. The van der Waals surface area contributed by atoms with Crippen LogP contribution >= 0.6 is 0 Å². The number of ether oxygens (including phenoxy) is 2. The van der Waals surface area contributed by atoms with Crippen LogP contribution in [0.2, 0.25) is 0 Å². The van der Waals surface area contributed by atoms with E-state index < -0.39 is 0 Å². The minimum Gasteiger partial charge on any atom is -0.493 e. The predicted octanol–water partition coefficient (Wildman–Crippen LogP) is 3.47. The number of benzene rings is 1. The number of rotatable bonds is 4. The number of hydrogen-bond donors (Lipinski definition) is 1. The fourth-order valence-electron chi connectivity index (χ4n) is 3.03. The summed E-state index contributed by atoms with van der Waals surface area (Å²) in [6.45, 7) is 3.36. The fraction of sp³-hybridized carbons (Fsp3) is 0.625. The summed E-state index contributed by atoms with van der Waals surface area (Å²) in [5.74, 6) is 1.62. The van der Waals surface area contributed by atoms with Crippen LogP contribution < -0.4 is 14.8 Å². The van der Waals surface area contributed by atoms with Crippen LogP contribution in [0.15, 0.2) is 18.2 Å². The molecule has 0 saturated carbocycles. The Bertz CT molecular complexity index is 409. The van der Waals surface area contributed by atoms with Crippen LogP contribution in [-0.4, -0.2) is 20.8 Å². The lowest BCUT2D eigenvalue weighted by Gasteiger charge is -2.34. The largest absolute Gasteiger partial charge is 0.493 e. The molecule has 1 heterocycles. The van der Waals surface area contributed by atoms with Crippen molar-refractivity contribution in [1.82, 2.24) is 5.32 Å². The first-order valence-electron chi connectivity index (χ1n) is 7.23. The van der Waals surface area contributed by atoms with Crippen molar-refractivity contribution in [2.45, 2.75) is 44.6 Å².